The molecule has 11 nitrogen and oxygen atoms in total. The first-order valence-electron chi connectivity index (χ1n) is 13.6. The average Bonchev–Trinajstić information content (AvgIpc) is 3.67. The van der Waals surface area contributed by atoms with E-state index in [-0.39, 0.29) is 17.1 Å². The van der Waals surface area contributed by atoms with E-state index in [1.807, 2.05) is 0 Å². The summed E-state index contributed by atoms with van der Waals surface area (Å²) in [7, 11) is 0. The number of nitrogens with zero attached hydrogens (tertiary/aromatic N) is 6. The fourth-order valence-electron chi connectivity index (χ4n) is 5.59. The van der Waals surface area contributed by atoms with Crippen LogP contribution in [0.25, 0.3) is 22.5 Å². The minimum absolute atomic E-state index is 0.351. The minimum Gasteiger partial charge on any atom is -0.394 e. The topological polar surface area (TPSA) is 152 Å². The van der Waals surface area contributed by atoms with Crippen LogP contribution in [0.3, 0.4) is 0 Å². The van der Waals surface area contributed by atoms with Gasteiger partial charge in [0, 0.05) is 16.4 Å². The third-order valence-electron chi connectivity index (χ3n) is 7.87. The summed E-state index contributed by atoms with van der Waals surface area (Å²) in [6, 6.07) is 10.2. The SMILES string of the molecule is OCC1O[C@@H](S[C@@H]2CCCC(n3cc(-c4ccc(F)cc4)nn3)C2O)C(O)[C@@H](n2cc(-c3ccc(F)cc3)nn2)[C@H]1O. The van der Waals surface area contributed by atoms with Crippen molar-refractivity contribution >= 4 is 11.8 Å². The Hall–Kier alpha value is -3.27. The molecular weight excluding hydrogens is 570 g/mol. The molecule has 1 saturated carbocycles. The Morgan fingerprint density at radius 1 is 0.786 bits per heavy atom. The summed E-state index contributed by atoms with van der Waals surface area (Å²) in [5.74, 6) is -0.743. The highest BCUT2D eigenvalue weighted by molar-refractivity contribution is 8.00. The fourth-order valence-corrected chi connectivity index (χ4v) is 7.11. The van der Waals surface area contributed by atoms with E-state index in [4.69, 9.17) is 4.74 Å². The van der Waals surface area contributed by atoms with E-state index in [1.54, 1.807) is 41.3 Å². The van der Waals surface area contributed by atoms with Crippen LogP contribution < -0.4 is 0 Å². The van der Waals surface area contributed by atoms with Gasteiger partial charge in [0.1, 0.15) is 52.8 Å². The van der Waals surface area contributed by atoms with Crippen molar-refractivity contribution in [2.24, 2.45) is 0 Å². The lowest BCUT2D eigenvalue weighted by Crippen LogP contribution is -2.55. The van der Waals surface area contributed by atoms with Crippen LogP contribution >= 0.6 is 11.8 Å². The number of aromatic nitrogens is 6. The van der Waals surface area contributed by atoms with Crippen LogP contribution in [-0.2, 0) is 4.74 Å². The molecule has 4 N–H and O–H groups in total. The second-order valence-corrected chi connectivity index (χ2v) is 11.9. The summed E-state index contributed by atoms with van der Waals surface area (Å²) in [4.78, 5) is 0. The molecule has 0 bridgehead atoms. The van der Waals surface area contributed by atoms with Gasteiger partial charge >= 0.3 is 0 Å². The molecule has 0 amide bonds. The summed E-state index contributed by atoms with van der Waals surface area (Å²) in [5, 5.41) is 59.9. The van der Waals surface area contributed by atoms with Gasteiger partial charge in [-0.3, -0.25) is 0 Å². The number of ether oxygens (including phenoxy) is 1. The Balaban J connectivity index is 1.19. The molecule has 2 aromatic heterocycles. The first-order valence-corrected chi connectivity index (χ1v) is 14.6. The molecule has 2 aromatic carbocycles. The highest BCUT2D eigenvalue weighted by atomic mass is 32.2. The van der Waals surface area contributed by atoms with Crippen LogP contribution in [-0.4, -0.2) is 92.1 Å². The molecule has 4 unspecified atom stereocenters. The first-order chi connectivity index (χ1) is 20.3. The Morgan fingerprint density at radius 2 is 1.36 bits per heavy atom. The van der Waals surface area contributed by atoms with Crippen LogP contribution in [0.2, 0.25) is 0 Å². The van der Waals surface area contributed by atoms with Crippen molar-refractivity contribution < 1.29 is 33.9 Å². The van der Waals surface area contributed by atoms with Crippen LogP contribution in [0.15, 0.2) is 60.9 Å². The first kappa shape index (κ1) is 28.8. The van der Waals surface area contributed by atoms with E-state index >= 15 is 0 Å². The van der Waals surface area contributed by atoms with Crippen molar-refractivity contribution in [2.45, 2.75) is 66.4 Å². The summed E-state index contributed by atoms with van der Waals surface area (Å²) in [6.07, 6.45) is 0.893. The van der Waals surface area contributed by atoms with Gasteiger partial charge in [-0.25, -0.2) is 18.1 Å². The summed E-state index contributed by atoms with van der Waals surface area (Å²) < 4.78 is 35.6. The molecule has 8 atom stereocenters. The lowest BCUT2D eigenvalue weighted by molar-refractivity contribution is -0.178. The van der Waals surface area contributed by atoms with Gasteiger partial charge in [-0.05, 0) is 61.4 Å². The number of hydrogen-bond acceptors (Lipinski definition) is 10. The van der Waals surface area contributed by atoms with Crippen LogP contribution in [0.4, 0.5) is 8.78 Å². The van der Waals surface area contributed by atoms with Crippen molar-refractivity contribution in [3.63, 3.8) is 0 Å². The van der Waals surface area contributed by atoms with Crippen molar-refractivity contribution in [2.75, 3.05) is 6.61 Å². The van der Waals surface area contributed by atoms with Crippen LogP contribution in [0.1, 0.15) is 31.3 Å². The molecule has 42 heavy (non-hydrogen) atoms. The number of thioether (sulfide) groups is 1. The van der Waals surface area contributed by atoms with Crippen molar-refractivity contribution in [3.05, 3.63) is 72.6 Å². The van der Waals surface area contributed by atoms with Crippen LogP contribution in [0.5, 0.6) is 0 Å². The van der Waals surface area contributed by atoms with Crippen molar-refractivity contribution in [1.82, 2.24) is 30.0 Å². The zero-order valence-corrected chi connectivity index (χ0v) is 23.1. The van der Waals surface area contributed by atoms with Gasteiger partial charge in [0.25, 0.3) is 0 Å². The van der Waals surface area contributed by atoms with Crippen LogP contribution in [0, 0.1) is 11.6 Å². The van der Waals surface area contributed by atoms with Gasteiger partial charge in [-0.15, -0.1) is 22.0 Å². The van der Waals surface area contributed by atoms with Gasteiger partial charge < -0.3 is 25.2 Å². The third kappa shape index (κ3) is 5.70. The molecule has 1 saturated heterocycles. The monoisotopic (exact) mass is 600 g/mol. The fraction of sp³-hybridized carbons (Fsp3) is 0.429. The highest BCUT2D eigenvalue weighted by Gasteiger charge is 2.48. The van der Waals surface area contributed by atoms with E-state index in [2.05, 4.69) is 20.6 Å². The van der Waals surface area contributed by atoms with Gasteiger partial charge in [-0.1, -0.05) is 16.8 Å². The Labute approximate surface area is 243 Å². The quantitative estimate of drug-likeness (QED) is 0.249. The smallest absolute Gasteiger partial charge is 0.132 e. The zero-order valence-electron chi connectivity index (χ0n) is 22.3. The molecule has 222 valence electrons. The molecule has 3 heterocycles. The largest absolute Gasteiger partial charge is 0.394 e. The maximum absolute atomic E-state index is 13.4. The lowest BCUT2D eigenvalue weighted by atomic mass is 9.92. The predicted molar refractivity (Wildman–Crippen MR) is 148 cm³/mol. The van der Waals surface area contributed by atoms with Crippen molar-refractivity contribution in [3.8, 4) is 22.5 Å². The van der Waals surface area contributed by atoms with E-state index in [9.17, 15) is 29.2 Å². The zero-order chi connectivity index (χ0) is 29.4. The number of rotatable bonds is 7. The Morgan fingerprint density at radius 3 is 1.95 bits per heavy atom. The summed E-state index contributed by atoms with van der Waals surface area (Å²) in [5.41, 5.74) is 1.38. The van der Waals surface area contributed by atoms with Crippen molar-refractivity contribution in [1.29, 1.82) is 0 Å². The lowest BCUT2D eigenvalue weighted by Gasteiger charge is -2.44. The normalized spacial score (nSPS) is 30.0. The van der Waals surface area contributed by atoms with Gasteiger partial charge in [0.15, 0.2) is 0 Å². The number of benzene rings is 2. The number of hydrogen-bond donors (Lipinski definition) is 4. The van der Waals surface area contributed by atoms with E-state index in [0.29, 0.717) is 35.4 Å². The second kappa shape index (κ2) is 12.1. The molecule has 4 aromatic rings. The van der Waals surface area contributed by atoms with E-state index in [1.165, 1.54) is 40.7 Å². The van der Waals surface area contributed by atoms with Gasteiger partial charge in [0.2, 0.25) is 0 Å². The standard InChI is InChI=1S/C28H30F2N6O5S/c29-17-8-4-15(5-9-17)19-12-35(33-31-19)21-2-1-3-23(25(21)38)42-28-27(40)24(26(39)22(14-37)41-28)36-13-20(32-34-36)16-6-10-18(30)11-7-16/h4-13,21-28,37-40H,1-3,14H2/t21?,22?,23-,24+,25?,26+,27?,28+/m1/s1. The number of aliphatic hydroxyl groups is 4. The molecule has 2 aliphatic rings. The summed E-state index contributed by atoms with van der Waals surface area (Å²) in [6.45, 7) is -0.498. The molecular formula is C28H30F2N6O5S. The molecule has 0 radical (unpaired) electrons. The molecule has 1 aliphatic heterocycles. The predicted octanol–water partition coefficient (Wildman–Crippen LogP) is 2.35. The number of aliphatic hydroxyl groups excluding tert-OH is 4. The van der Waals surface area contributed by atoms with E-state index in [0.717, 1.165) is 6.42 Å². The average molecular weight is 601 g/mol. The number of halogens is 2. The molecule has 1 aliphatic carbocycles. The Bertz CT molecular complexity index is 1490. The third-order valence-corrected chi connectivity index (χ3v) is 9.39. The second-order valence-electron chi connectivity index (χ2n) is 10.5. The maximum Gasteiger partial charge on any atom is 0.132 e. The minimum atomic E-state index is -1.30. The van der Waals surface area contributed by atoms with Gasteiger partial charge in [0.05, 0.1) is 31.1 Å². The summed E-state index contributed by atoms with van der Waals surface area (Å²) >= 11 is 1.23. The molecule has 14 heteroatoms. The molecule has 2 fully saturated rings. The highest BCUT2D eigenvalue weighted by Crippen LogP contribution is 2.42. The Kier molecular flexibility index (Phi) is 8.34. The molecule has 0 spiro atoms. The molecule has 6 rings (SSSR count). The van der Waals surface area contributed by atoms with E-state index < -0.39 is 48.3 Å². The maximum atomic E-state index is 13.4. The van der Waals surface area contributed by atoms with Gasteiger partial charge in [-0.2, -0.15) is 0 Å².